The van der Waals surface area contributed by atoms with Gasteiger partial charge in [-0.25, -0.2) is 10.4 Å². The Balaban J connectivity index is 2.04. The van der Waals surface area contributed by atoms with Gasteiger partial charge in [-0.3, -0.25) is 0 Å². The van der Waals surface area contributed by atoms with E-state index in [1.807, 2.05) is 0 Å². The third kappa shape index (κ3) is 3.69. The highest BCUT2D eigenvalue weighted by atomic mass is 15.6. The average Bonchev–Trinajstić information content (AvgIpc) is 2.57. The number of hydrogen-bond acceptors (Lipinski definition) is 4. The van der Waals surface area contributed by atoms with Gasteiger partial charge in [-0.1, -0.05) is 6.42 Å². The van der Waals surface area contributed by atoms with Crippen LogP contribution in [-0.4, -0.2) is 54.2 Å². The molecule has 2 aliphatic rings. The van der Waals surface area contributed by atoms with Crippen molar-refractivity contribution in [1.82, 2.24) is 15.3 Å². The summed E-state index contributed by atoms with van der Waals surface area (Å²) in [4.78, 5) is 2.43. The van der Waals surface area contributed by atoms with Gasteiger partial charge in [-0.05, 0) is 66.1 Å². The van der Waals surface area contributed by atoms with Gasteiger partial charge in [-0.15, -0.1) is 0 Å². The molecule has 0 aromatic rings. The van der Waals surface area contributed by atoms with Gasteiger partial charge in [-0.2, -0.15) is 0 Å². The van der Waals surface area contributed by atoms with Gasteiger partial charge in [0.1, 0.15) is 0 Å². The summed E-state index contributed by atoms with van der Waals surface area (Å²) >= 11 is 0. The highest BCUT2D eigenvalue weighted by molar-refractivity contribution is 4.93. The molecule has 0 aliphatic carbocycles. The molecule has 2 aliphatic heterocycles. The van der Waals surface area contributed by atoms with Gasteiger partial charge >= 0.3 is 0 Å². The van der Waals surface area contributed by atoms with Crippen molar-refractivity contribution in [2.24, 2.45) is 5.73 Å². The third-order valence-electron chi connectivity index (χ3n) is 5.12. The second-order valence-electron chi connectivity index (χ2n) is 6.79. The summed E-state index contributed by atoms with van der Waals surface area (Å²) < 4.78 is 0. The van der Waals surface area contributed by atoms with Gasteiger partial charge in [0, 0.05) is 24.2 Å². The number of nitrogens with two attached hydrogens (primary N) is 1. The molecule has 2 rings (SSSR count). The Kier molecular flexibility index (Phi) is 5.23. The van der Waals surface area contributed by atoms with Gasteiger partial charge in [0.05, 0.1) is 0 Å². The Morgan fingerprint density at radius 1 is 1.11 bits per heavy atom. The fraction of sp³-hybridized carbons (Fsp3) is 1.00. The first kappa shape index (κ1) is 15.2. The Morgan fingerprint density at radius 2 is 1.79 bits per heavy atom. The summed E-state index contributed by atoms with van der Waals surface area (Å²) in [5.41, 5.74) is 10.1. The predicted molar refractivity (Wildman–Crippen MR) is 80.9 cm³/mol. The maximum Gasteiger partial charge on any atom is 0.0460 e. The summed E-state index contributed by atoms with van der Waals surface area (Å²) in [6, 6.07) is 1.27. The minimum atomic E-state index is 0.116. The standard InChI is InChI=1S/C15H32N4/c1-13-6-4-7-14(2)19(13)17-15(12-16)8-5-10-18(3)11-9-15/h13-14,17H,4-12,16H2,1-3H3. The van der Waals surface area contributed by atoms with Crippen LogP contribution in [0.4, 0.5) is 0 Å². The highest BCUT2D eigenvalue weighted by Gasteiger charge is 2.35. The van der Waals surface area contributed by atoms with E-state index in [2.05, 4.69) is 36.2 Å². The summed E-state index contributed by atoms with van der Waals surface area (Å²) in [5.74, 6) is 0. The van der Waals surface area contributed by atoms with Crippen LogP contribution in [0.15, 0.2) is 0 Å². The molecule has 19 heavy (non-hydrogen) atoms. The lowest BCUT2D eigenvalue weighted by Gasteiger charge is -2.46. The van der Waals surface area contributed by atoms with Crippen molar-refractivity contribution in [2.75, 3.05) is 26.7 Å². The number of hydrogen-bond donors (Lipinski definition) is 2. The van der Waals surface area contributed by atoms with E-state index < -0.39 is 0 Å². The zero-order chi connectivity index (χ0) is 13.9. The molecule has 0 aromatic carbocycles. The molecule has 0 bridgehead atoms. The molecular formula is C15H32N4. The van der Waals surface area contributed by atoms with E-state index in [4.69, 9.17) is 5.73 Å². The number of piperidine rings is 1. The fourth-order valence-electron chi connectivity index (χ4n) is 3.61. The predicted octanol–water partition coefficient (Wildman–Crippen LogP) is 1.57. The number of nitrogens with one attached hydrogen (secondary N) is 1. The molecule has 4 nitrogen and oxygen atoms in total. The number of hydrazine groups is 1. The largest absolute Gasteiger partial charge is 0.329 e. The molecule has 112 valence electrons. The highest BCUT2D eigenvalue weighted by Crippen LogP contribution is 2.26. The normalized spacial score (nSPS) is 39.2. The van der Waals surface area contributed by atoms with Crippen LogP contribution in [0, 0.1) is 0 Å². The molecule has 2 fully saturated rings. The Hall–Kier alpha value is -0.160. The van der Waals surface area contributed by atoms with Gasteiger partial charge in [0.15, 0.2) is 0 Å². The van der Waals surface area contributed by atoms with Gasteiger partial charge < -0.3 is 10.6 Å². The summed E-state index contributed by atoms with van der Waals surface area (Å²) in [7, 11) is 2.22. The molecule has 2 saturated heterocycles. The monoisotopic (exact) mass is 268 g/mol. The zero-order valence-electron chi connectivity index (χ0n) is 13.0. The Labute approximate surface area is 118 Å². The molecule has 3 unspecified atom stereocenters. The topological polar surface area (TPSA) is 44.5 Å². The van der Waals surface area contributed by atoms with Gasteiger partial charge in [0.25, 0.3) is 0 Å². The minimum Gasteiger partial charge on any atom is -0.329 e. The van der Waals surface area contributed by atoms with E-state index in [1.54, 1.807) is 0 Å². The summed E-state index contributed by atoms with van der Waals surface area (Å²) in [6.07, 6.45) is 7.58. The number of likely N-dealkylation sites (tertiary alicyclic amines) is 1. The fourth-order valence-corrected chi connectivity index (χ4v) is 3.61. The first-order valence-corrected chi connectivity index (χ1v) is 8.01. The molecule has 2 heterocycles. The molecule has 0 radical (unpaired) electrons. The van der Waals surface area contributed by atoms with Crippen LogP contribution >= 0.6 is 0 Å². The molecule has 3 atom stereocenters. The van der Waals surface area contributed by atoms with E-state index in [1.165, 1.54) is 38.6 Å². The van der Waals surface area contributed by atoms with Crippen LogP contribution in [0.5, 0.6) is 0 Å². The lowest BCUT2D eigenvalue weighted by Crippen LogP contribution is -2.63. The van der Waals surface area contributed by atoms with Crippen LogP contribution in [0.25, 0.3) is 0 Å². The maximum atomic E-state index is 6.15. The van der Waals surface area contributed by atoms with Crippen LogP contribution in [0.1, 0.15) is 52.4 Å². The van der Waals surface area contributed by atoms with E-state index in [0.717, 1.165) is 19.5 Å². The Morgan fingerprint density at radius 3 is 2.42 bits per heavy atom. The molecule has 0 saturated carbocycles. The second-order valence-corrected chi connectivity index (χ2v) is 6.79. The zero-order valence-corrected chi connectivity index (χ0v) is 13.0. The Bertz CT molecular complexity index is 273. The first-order chi connectivity index (χ1) is 9.06. The van der Waals surface area contributed by atoms with E-state index in [0.29, 0.717) is 12.1 Å². The molecular weight excluding hydrogens is 236 g/mol. The maximum absolute atomic E-state index is 6.15. The van der Waals surface area contributed by atoms with Crippen LogP contribution < -0.4 is 11.2 Å². The number of nitrogens with zero attached hydrogens (tertiary/aromatic N) is 2. The minimum absolute atomic E-state index is 0.116. The average molecular weight is 268 g/mol. The van der Waals surface area contributed by atoms with Crippen molar-refractivity contribution >= 4 is 0 Å². The SMILES string of the molecule is CC1CCCC(C)N1NC1(CN)CCCN(C)CC1. The van der Waals surface area contributed by atoms with Crippen molar-refractivity contribution in [3.63, 3.8) is 0 Å². The van der Waals surface area contributed by atoms with Crippen LogP contribution in [0.2, 0.25) is 0 Å². The van der Waals surface area contributed by atoms with E-state index in [-0.39, 0.29) is 5.54 Å². The van der Waals surface area contributed by atoms with Crippen LogP contribution in [-0.2, 0) is 0 Å². The lowest BCUT2D eigenvalue weighted by atomic mass is 9.90. The molecule has 0 spiro atoms. The van der Waals surface area contributed by atoms with Gasteiger partial charge in [0.2, 0.25) is 0 Å². The van der Waals surface area contributed by atoms with E-state index in [9.17, 15) is 0 Å². The third-order valence-corrected chi connectivity index (χ3v) is 5.12. The van der Waals surface area contributed by atoms with Crippen molar-refractivity contribution in [3.8, 4) is 0 Å². The lowest BCUT2D eigenvalue weighted by molar-refractivity contribution is -0.00254. The molecule has 4 heteroatoms. The molecule has 3 N–H and O–H groups in total. The smallest absolute Gasteiger partial charge is 0.0460 e. The summed E-state index contributed by atoms with van der Waals surface area (Å²) in [5, 5.41) is 2.50. The second kappa shape index (κ2) is 6.53. The van der Waals surface area contributed by atoms with Crippen molar-refractivity contribution in [3.05, 3.63) is 0 Å². The van der Waals surface area contributed by atoms with Crippen LogP contribution in [0.3, 0.4) is 0 Å². The summed E-state index contributed by atoms with van der Waals surface area (Å²) in [6.45, 7) is 7.79. The quantitative estimate of drug-likeness (QED) is 0.815. The van der Waals surface area contributed by atoms with Crippen molar-refractivity contribution < 1.29 is 0 Å². The van der Waals surface area contributed by atoms with Crippen molar-refractivity contribution in [1.29, 1.82) is 0 Å². The first-order valence-electron chi connectivity index (χ1n) is 8.01. The van der Waals surface area contributed by atoms with Crippen molar-refractivity contribution in [2.45, 2.75) is 70.0 Å². The molecule has 0 amide bonds. The van der Waals surface area contributed by atoms with E-state index >= 15 is 0 Å². The number of rotatable bonds is 3. The molecule has 0 aromatic heterocycles.